The molecule has 120 valence electrons. The van der Waals surface area contributed by atoms with Crippen LogP contribution in [0, 0.1) is 11.3 Å². The van der Waals surface area contributed by atoms with Crippen LogP contribution in [0.25, 0.3) is 5.69 Å². The van der Waals surface area contributed by atoms with Gasteiger partial charge in [0.1, 0.15) is 5.56 Å². The third kappa shape index (κ3) is 3.51. The molecule has 8 heteroatoms. The van der Waals surface area contributed by atoms with E-state index in [2.05, 4.69) is 9.84 Å². The van der Waals surface area contributed by atoms with Gasteiger partial charge in [0.25, 0.3) is 0 Å². The van der Waals surface area contributed by atoms with Gasteiger partial charge in [0, 0.05) is 0 Å². The minimum Gasteiger partial charge on any atom is -0.462 e. The fraction of sp³-hybridized carbons (Fsp3) is 0.267. The van der Waals surface area contributed by atoms with Crippen molar-refractivity contribution in [1.82, 2.24) is 9.78 Å². The first-order valence-corrected chi connectivity index (χ1v) is 6.67. The van der Waals surface area contributed by atoms with Crippen molar-refractivity contribution in [2.24, 2.45) is 0 Å². The van der Waals surface area contributed by atoms with E-state index in [1.807, 2.05) is 6.07 Å². The number of hydrogen-bond acceptors (Lipinski definition) is 4. The largest absolute Gasteiger partial charge is 0.462 e. The molecule has 0 spiro atoms. The van der Waals surface area contributed by atoms with Crippen LogP contribution in [0.15, 0.2) is 30.5 Å². The van der Waals surface area contributed by atoms with Crippen molar-refractivity contribution >= 4 is 5.97 Å². The van der Waals surface area contributed by atoms with Gasteiger partial charge >= 0.3 is 12.1 Å². The van der Waals surface area contributed by atoms with Gasteiger partial charge in [0.05, 0.1) is 31.0 Å². The highest BCUT2D eigenvalue weighted by atomic mass is 19.4. The van der Waals surface area contributed by atoms with Gasteiger partial charge in [-0.1, -0.05) is 12.1 Å². The summed E-state index contributed by atoms with van der Waals surface area (Å²) in [5, 5.41) is 12.3. The van der Waals surface area contributed by atoms with Crippen molar-refractivity contribution in [3.05, 3.63) is 47.3 Å². The Morgan fingerprint density at radius 3 is 2.52 bits per heavy atom. The highest BCUT2D eigenvalue weighted by molar-refractivity contribution is 5.90. The quantitative estimate of drug-likeness (QED) is 0.811. The van der Waals surface area contributed by atoms with E-state index in [-0.39, 0.29) is 18.7 Å². The molecular formula is C15H12F3N3O2. The zero-order valence-corrected chi connectivity index (χ0v) is 12.1. The van der Waals surface area contributed by atoms with E-state index in [9.17, 15) is 18.0 Å². The summed E-state index contributed by atoms with van der Waals surface area (Å²) in [7, 11) is 0. The number of carbonyl (C=O) groups excluding carboxylic acids is 1. The lowest BCUT2D eigenvalue weighted by atomic mass is 10.1. The lowest BCUT2D eigenvalue weighted by molar-refractivity contribution is -0.143. The van der Waals surface area contributed by atoms with Crippen LogP contribution in [-0.4, -0.2) is 22.4 Å². The Hall–Kier alpha value is -2.82. The molecule has 0 unspecified atom stereocenters. The summed E-state index contributed by atoms with van der Waals surface area (Å²) in [6, 6.07) is 7.83. The predicted molar refractivity (Wildman–Crippen MR) is 73.8 cm³/mol. The van der Waals surface area contributed by atoms with E-state index in [0.29, 0.717) is 10.2 Å². The topological polar surface area (TPSA) is 67.9 Å². The molecule has 0 atom stereocenters. The number of halogens is 3. The van der Waals surface area contributed by atoms with Crippen LogP contribution in [0.2, 0.25) is 0 Å². The van der Waals surface area contributed by atoms with Crippen molar-refractivity contribution in [3.8, 4) is 11.8 Å². The third-order valence-electron chi connectivity index (χ3n) is 3.00. The van der Waals surface area contributed by atoms with Crippen molar-refractivity contribution in [1.29, 1.82) is 5.26 Å². The summed E-state index contributed by atoms with van der Waals surface area (Å²) in [4.78, 5) is 11.7. The average Bonchev–Trinajstić information content (AvgIpc) is 2.94. The number of rotatable bonds is 4. The molecule has 0 bridgehead atoms. The molecule has 5 nitrogen and oxygen atoms in total. The van der Waals surface area contributed by atoms with Gasteiger partial charge in [0.15, 0.2) is 5.69 Å². The monoisotopic (exact) mass is 323 g/mol. The number of aromatic nitrogens is 2. The molecule has 0 saturated heterocycles. The van der Waals surface area contributed by atoms with Gasteiger partial charge in [-0.15, -0.1) is 0 Å². The van der Waals surface area contributed by atoms with Crippen LogP contribution >= 0.6 is 0 Å². The van der Waals surface area contributed by atoms with E-state index in [1.165, 1.54) is 31.2 Å². The van der Waals surface area contributed by atoms with E-state index >= 15 is 0 Å². The van der Waals surface area contributed by atoms with Gasteiger partial charge in [-0.25, -0.2) is 9.48 Å². The third-order valence-corrected chi connectivity index (χ3v) is 3.00. The minimum atomic E-state index is -4.77. The lowest BCUT2D eigenvalue weighted by Gasteiger charge is -2.12. The maximum atomic E-state index is 13.3. The highest BCUT2D eigenvalue weighted by Gasteiger charge is 2.41. The molecule has 0 aliphatic heterocycles. The fourth-order valence-corrected chi connectivity index (χ4v) is 2.02. The van der Waals surface area contributed by atoms with Crippen molar-refractivity contribution in [3.63, 3.8) is 0 Å². The molecule has 1 aromatic heterocycles. The first-order chi connectivity index (χ1) is 10.9. The maximum Gasteiger partial charge on any atom is 0.434 e. The SMILES string of the molecule is CCOC(=O)c1cnn(-c2ccc(CC#N)cc2)c1C(F)(F)F. The predicted octanol–water partition coefficient (Wildman–Crippen LogP) is 3.13. The second kappa shape index (κ2) is 6.52. The Kier molecular flexibility index (Phi) is 4.69. The summed E-state index contributed by atoms with van der Waals surface area (Å²) in [5.74, 6) is -1.08. The van der Waals surface area contributed by atoms with Gasteiger partial charge < -0.3 is 4.74 Å². The molecule has 0 saturated carbocycles. The van der Waals surface area contributed by atoms with Crippen LogP contribution in [0.3, 0.4) is 0 Å². The summed E-state index contributed by atoms with van der Waals surface area (Å²) in [5.41, 5.74) is -1.03. The number of nitrogens with zero attached hydrogens (tertiary/aromatic N) is 3. The fourth-order valence-electron chi connectivity index (χ4n) is 2.02. The second-order valence-corrected chi connectivity index (χ2v) is 4.54. The Balaban J connectivity index is 2.50. The van der Waals surface area contributed by atoms with Crippen molar-refractivity contribution in [2.75, 3.05) is 6.61 Å². The number of ether oxygens (including phenoxy) is 1. The normalized spacial score (nSPS) is 11.1. The minimum absolute atomic E-state index is 0.0375. The Bertz CT molecular complexity index is 743. The maximum absolute atomic E-state index is 13.3. The summed E-state index contributed by atoms with van der Waals surface area (Å²) >= 11 is 0. The molecule has 0 fully saturated rings. The molecule has 1 aromatic carbocycles. The number of esters is 1. The Morgan fingerprint density at radius 1 is 1.35 bits per heavy atom. The van der Waals surface area contributed by atoms with Crippen molar-refractivity contribution < 1.29 is 22.7 Å². The van der Waals surface area contributed by atoms with Crippen LogP contribution < -0.4 is 0 Å². The van der Waals surface area contributed by atoms with Crippen LogP contribution in [0.5, 0.6) is 0 Å². The number of nitriles is 1. The Labute approximate surface area is 129 Å². The molecule has 0 aliphatic carbocycles. The summed E-state index contributed by atoms with van der Waals surface area (Å²) in [6.07, 6.45) is -3.78. The van der Waals surface area contributed by atoms with E-state index in [4.69, 9.17) is 5.26 Å². The van der Waals surface area contributed by atoms with Gasteiger partial charge in [-0.2, -0.15) is 23.5 Å². The summed E-state index contributed by atoms with van der Waals surface area (Å²) in [6.45, 7) is 1.47. The number of carbonyl (C=O) groups is 1. The van der Waals surface area contributed by atoms with E-state index in [0.717, 1.165) is 6.20 Å². The molecular weight excluding hydrogens is 311 g/mol. The van der Waals surface area contributed by atoms with E-state index < -0.39 is 23.4 Å². The Morgan fingerprint density at radius 2 is 2.00 bits per heavy atom. The van der Waals surface area contributed by atoms with E-state index in [1.54, 1.807) is 0 Å². The van der Waals surface area contributed by atoms with Crippen molar-refractivity contribution in [2.45, 2.75) is 19.5 Å². The highest BCUT2D eigenvalue weighted by Crippen LogP contribution is 2.34. The molecule has 0 N–H and O–H groups in total. The molecule has 0 radical (unpaired) electrons. The summed E-state index contributed by atoms with van der Waals surface area (Å²) < 4.78 is 45.2. The standard InChI is InChI=1S/C15H12F3N3O2/c1-2-23-14(22)12-9-20-21(13(12)15(16,17)18)11-5-3-10(4-6-11)7-8-19/h3-6,9H,2,7H2,1H3. The van der Waals surface area contributed by atoms with Crippen LogP contribution in [0.1, 0.15) is 28.5 Å². The lowest BCUT2D eigenvalue weighted by Crippen LogP contribution is -2.18. The zero-order chi connectivity index (χ0) is 17.0. The van der Waals surface area contributed by atoms with Gasteiger partial charge in [-0.3, -0.25) is 0 Å². The first kappa shape index (κ1) is 16.5. The molecule has 23 heavy (non-hydrogen) atoms. The van der Waals surface area contributed by atoms with Crippen LogP contribution in [-0.2, 0) is 17.3 Å². The number of hydrogen-bond donors (Lipinski definition) is 0. The molecule has 2 rings (SSSR count). The average molecular weight is 323 g/mol. The van der Waals surface area contributed by atoms with Gasteiger partial charge in [0.2, 0.25) is 0 Å². The first-order valence-electron chi connectivity index (χ1n) is 6.67. The number of alkyl halides is 3. The van der Waals surface area contributed by atoms with Crippen LogP contribution in [0.4, 0.5) is 13.2 Å². The molecule has 0 amide bonds. The second-order valence-electron chi connectivity index (χ2n) is 4.54. The number of benzene rings is 1. The smallest absolute Gasteiger partial charge is 0.434 e. The molecule has 2 aromatic rings. The molecule has 0 aliphatic rings. The molecule has 1 heterocycles. The zero-order valence-electron chi connectivity index (χ0n) is 12.1. The van der Waals surface area contributed by atoms with Gasteiger partial charge in [-0.05, 0) is 24.6 Å².